The molecule has 0 atom stereocenters. The van der Waals surface area contributed by atoms with Crippen molar-refractivity contribution >= 4 is 64.8 Å². The predicted molar refractivity (Wildman–Crippen MR) is 121 cm³/mol. The van der Waals surface area contributed by atoms with E-state index in [1.165, 1.54) is 0 Å². The summed E-state index contributed by atoms with van der Waals surface area (Å²) in [5, 5.41) is 7.88. The van der Waals surface area contributed by atoms with Crippen LogP contribution in [-0.4, -0.2) is 18.9 Å². The molecule has 1 aliphatic heterocycles. The highest BCUT2D eigenvalue weighted by Crippen LogP contribution is 2.42. The number of benzene rings is 2. The Morgan fingerprint density at radius 2 is 1.97 bits per heavy atom. The van der Waals surface area contributed by atoms with Gasteiger partial charge in [0.2, 0.25) is 0 Å². The van der Waals surface area contributed by atoms with Crippen LogP contribution in [0, 0.1) is 0 Å². The predicted octanol–water partition coefficient (Wildman–Crippen LogP) is 7.31. The summed E-state index contributed by atoms with van der Waals surface area (Å²) in [5.74, 6) is 0.606. The van der Waals surface area contributed by atoms with E-state index in [0.29, 0.717) is 39.5 Å². The molecule has 0 unspecified atom stereocenters. The smallest absolute Gasteiger partial charge is 0.412 e. The molecule has 0 saturated carbocycles. The zero-order valence-electron chi connectivity index (χ0n) is 16.2. The van der Waals surface area contributed by atoms with Gasteiger partial charge in [0.1, 0.15) is 23.4 Å². The van der Waals surface area contributed by atoms with Crippen molar-refractivity contribution in [2.45, 2.75) is 37.2 Å². The number of anilines is 1. The molecule has 1 aliphatic rings. The molecule has 0 aliphatic carbocycles. The first kappa shape index (κ1) is 22.9. The van der Waals surface area contributed by atoms with Crippen LogP contribution in [0.2, 0.25) is 15.1 Å². The van der Waals surface area contributed by atoms with Crippen molar-refractivity contribution in [2.24, 2.45) is 5.16 Å². The van der Waals surface area contributed by atoms with Crippen LogP contribution in [0.3, 0.4) is 0 Å². The third-order valence-corrected chi connectivity index (χ3v) is 5.82. The number of cyclic esters (lactones) is 1. The molecule has 160 valence electrons. The number of rotatable bonds is 8. The molecule has 1 heterocycles. The number of nitrogens with one attached hydrogen (secondary N) is 1. The Balaban J connectivity index is 1.43. The fourth-order valence-electron chi connectivity index (χ4n) is 2.72. The van der Waals surface area contributed by atoms with Crippen LogP contribution >= 0.6 is 46.8 Å². The van der Waals surface area contributed by atoms with Crippen LogP contribution in [0.25, 0.3) is 0 Å². The van der Waals surface area contributed by atoms with Crippen molar-refractivity contribution in [3.05, 3.63) is 51.0 Å². The second-order valence-corrected chi connectivity index (χ2v) is 8.87. The Hall–Kier alpha value is -1.80. The summed E-state index contributed by atoms with van der Waals surface area (Å²) < 4.78 is 16.3. The molecule has 0 radical (unpaired) electrons. The van der Waals surface area contributed by atoms with E-state index in [-0.39, 0.29) is 0 Å². The Bertz CT molecular complexity index is 969. The van der Waals surface area contributed by atoms with Gasteiger partial charge in [0.25, 0.3) is 0 Å². The summed E-state index contributed by atoms with van der Waals surface area (Å²) >= 11 is 19.2. The van der Waals surface area contributed by atoms with Crippen LogP contribution < -0.4 is 10.1 Å². The number of halogens is 3. The quantitative estimate of drug-likeness (QED) is 0.182. The molecule has 2 aromatic carbocycles. The van der Waals surface area contributed by atoms with Gasteiger partial charge < -0.3 is 13.8 Å². The van der Waals surface area contributed by atoms with Crippen molar-refractivity contribution in [3.63, 3.8) is 0 Å². The standard InChI is InChI=1S/C20H19Cl3N2O4S/c1-20(2)14-9-12(10-17(23)18(14)25-19(26)28-20)27-8-4-3-7-24-29-30-13-5-6-15(21)16(22)11-13/h5-7,9-11H,3-4,8H2,1-2H3,(H,25,26). The number of oxime groups is 1. The van der Waals surface area contributed by atoms with E-state index in [0.717, 1.165) is 28.9 Å². The topological polar surface area (TPSA) is 69.2 Å². The molecule has 0 saturated heterocycles. The summed E-state index contributed by atoms with van der Waals surface area (Å²) in [4.78, 5) is 12.5. The van der Waals surface area contributed by atoms with Crippen molar-refractivity contribution in [2.75, 3.05) is 11.9 Å². The minimum Gasteiger partial charge on any atom is -0.494 e. The maximum Gasteiger partial charge on any atom is 0.412 e. The number of unbranched alkanes of at least 4 members (excludes halogenated alkanes) is 1. The van der Waals surface area contributed by atoms with Gasteiger partial charge in [0, 0.05) is 17.8 Å². The van der Waals surface area contributed by atoms with Crippen molar-refractivity contribution in [1.29, 1.82) is 0 Å². The minimum absolute atomic E-state index is 0.404. The van der Waals surface area contributed by atoms with Gasteiger partial charge in [-0.05, 0) is 51.0 Å². The Kier molecular flexibility index (Phi) is 7.63. The van der Waals surface area contributed by atoms with Gasteiger partial charge in [0.15, 0.2) is 0 Å². The summed E-state index contributed by atoms with van der Waals surface area (Å²) in [7, 11) is 0. The lowest BCUT2D eigenvalue weighted by atomic mass is 9.94. The molecule has 30 heavy (non-hydrogen) atoms. The first-order valence-electron chi connectivity index (χ1n) is 9.03. The number of carbonyl (C=O) groups excluding carboxylic acids is 1. The van der Waals surface area contributed by atoms with Crippen LogP contribution in [0.5, 0.6) is 5.75 Å². The third kappa shape index (κ3) is 5.88. The number of carbonyl (C=O) groups is 1. The largest absolute Gasteiger partial charge is 0.494 e. The molecule has 1 amide bonds. The van der Waals surface area contributed by atoms with E-state index in [9.17, 15) is 4.79 Å². The van der Waals surface area contributed by atoms with Gasteiger partial charge in [0.05, 0.1) is 32.3 Å². The van der Waals surface area contributed by atoms with Crippen LogP contribution in [0.4, 0.5) is 10.5 Å². The van der Waals surface area contributed by atoms with Crippen molar-refractivity contribution in [3.8, 4) is 5.75 Å². The molecule has 1 N–H and O–H groups in total. The van der Waals surface area contributed by atoms with Crippen molar-refractivity contribution < 1.29 is 18.6 Å². The molecular formula is C20H19Cl3N2O4S. The average molecular weight is 490 g/mol. The van der Waals surface area contributed by atoms with E-state index in [4.69, 9.17) is 48.6 Å². The second kappa shape index (κ2) is 10.0. The number of ether oxygens (including phenoxy) is 2. The first-order chi connectivity index (χ1) is 14.3. The van der Waals surface area contributed by atoms with E-state index in [1.807, 2.05) is 6.07 Å². The van der Waals surface area contributed by atoms with Gasteiger partial charge in [-0.15, -0.1) is 0 Å². The molecule has 3 rings (SSSR count). The summed E-state index contributed by atoms with van der Waals surface area (Å²) in [5.41, 5.74) is 0.518. The zero-order chi connectivity index (χ0) is 21.7. The fourth-order valence-corrected chi connectivity index (χ4v) is 3.82. The monoisotopic (exact) mass is 488 g/mol. The molecule has 0 spiro atoms. The molecule has 0 fully saturated rings. The summed E-state index contributed by atoms with van der Waals surface area (Å²) in [6.45, 7) is 4.07. The Morgan fingerprint density at radius 1 is 1.17 bits per heavy atom. The Morgan fingerprint density at radius 3 is 2.73 bits per heavy atom. The molecule has 0 aromatic heterocycles. The minimum atomic E-state index is -0.795. The highest BCUT2D eigenvalue weighted by atomic mass is 35.5. The first-order valence-corrected chi connectivity index (χ1v) is 10.9. The number of hydrogen-bond donors (Lipinski definition) is 1. The molecule has 10 heteroatoms. The van der Waals surface area contributed by atoms with Gasteiger partial charge in [-0.1, -0.05) is 40.0 Å². The lowest BCUT2D eigenvalue weighted by Crippen LogP contribution is -2.34. The zero-order valence-corrected chi connectivity index (χ0v) is 19.3. The maximum absolute atomic E-state index is 11.6. The number of nitrogens with zero attached hydrogens (tertiary/aromatic N) is 1. The van der Waals surface area contributed by atoms with E-state index in [1.54, 1.807) is 44.3 Å². The fraction of sp³-hybridized carbons (Fsp3) is 0.300. The number of hydrogen-bond acceptors (Lipinski definition) is 6. The normalized spacial score (nSPS) is 14.8. The maximum atomic E-state index is 11.6. The van der Waals surface area contributed by atoms with E-state index in [2.05, 4.69) is 10.5 Å². The average Bonchev–Trinajstić information content (AvgIpc) is 2.67. The van der Waals surface area contributed by atoms with Crippen LogP contribution in [0.15, 0.2) is 40.4 Å². The lowest BCUT2D eigenvalue weighted by Gasteiger charge is -2.33. The molecule has 0 bridgehead atoms. The molecule has 2 aromatic rings. The van der Waals surface area contributed by atoms with E-state index < -0.39 is 11.7 Å². The van der Waals surface area contributed by atoms with Gasteiger partial charge in [-0.25, -0.2) is 4.79 Å². The Labute approximate surface area is 194 Å². The van der Waals surface area contributed by atoms with Crippen molar-refractivity contribution in [1.82, 2.24) is 0 Å². The molecule has 6 nitrogen and oxygen atoms in total. The lowest BCUT2D eigenvalue weighted by molar-refractivity contribution is 0.0418. The highest BCUT2D eigenvalue weighted by Gasteiger charge is 2.35. The van der Waals surface area contributed by atoms with Crippen LogP contribution in [0.1, 0.15) is 32.3 Å². The molecular weight excluding hydrogens is 471 g/mol. The second-order valence-electron chi connectivity index (χ2n) is 6.86. The van der Waals surface area contributed by atoms with Crippen LogP contribution in [-0.2, 0) is 14.6 Å². The SMILES string of the molecule is CC1(C)OC(=O)Nc2c(Cl)cc(OCCCC=NOSc3ccc(Cl)c(Cl)c3)cc21. The third-order valence-electron chi connectivity index (χ3n) is 4.18. The van der Waals surface area contributed by atoms with Gasteiger partial charge in [-0.2, -0.15) is 0 Å². The van der Waals surface area contributed by atoms with Gasteiger partial charge >= 0.3 is 6.09 Å². The highest BCUT2D eigenvalue weighted by molar-refractivity contribution is 7.94. The van der Waals surface area contributed by atoms with E-state index >= 15 is 0 Å². The summed E-state index contributed by atoms with van der Waals surface area (Å²) in [6.07, 6.45) is 2.54. The van der Waals surface area contributed by atoms with Gasteiger partial charge in [-0.3, -0.25) is 5.32 Å². The number of amides is 1. The summed E-state index contributed by atoms with van der Waals surface area (Å²) in [6, 6.07) is 8.70. The number of fused-ring (bicyclic) bond motifs is 1.